The number of hydrogen-bond acceptors (Lipinski definition) is 2. The predicted molar refractivity (Wildman–Crippen MR) is 85.4 cm³/mol. The van der Waals surface area contributed by atoms with E-state index in [2.05, 4.69) is 48.7 Å². The third-order valence-corrected chi connectivity index (χ3v) is 5.31. The molecule has 1 fully saturated rings. The van der Waals surface area contributed by atoms with Crippen LogP contribution in [0.1, 0.15) is 50.7 Å². The molecular formula is C18H26N2O. The summed E-state index contributed by atoms with van der Waals surface area (Å²) in [5, 5.41) is 6.78. The Morgan fingerprint density at radius 1 is 1.33 bits per heavy atom. The first-order chi connectivity index (χ1) is 10.1. The maximum atomic E-state index is 13.0. The summed E-state index contributed by atoms with van der Waals surface area (Å²) in [4.78, 5) is 13.0. The van der Waals surface area contributed by atoms with Crippen molar-refractivity contribution in [1.82, 2.24) is 10.6 Å². The van der Waals surface area contributed by atoms with Crippen molar-refractivity contribution in [3.8, 4) is 0 Å². The van der Waals surface area contributed by atoms with Crippen LogP contribution in [0.5, 0.6) is 0 Å². The minimum Gasteiger partial charge on any atom is -0.351 e. The molecule has 3 heteroatoms. The van der Waals surface area contributed by atoms with Gasteiger partial charge in [0.05, 0.1) is 5.41 Å². The van der Waals surface area contributed by atoms with Crippen LogP contribution in [-0.4, -0.2) is 24.5 Å². The van der Waals surface area contributed by atoms with E-state index in [1.807, 2.05) is 0 Å². The van der Waals surface area contributed by atoms with Crippen LogP contribution in [0.4, 0.5) is 0 Å². The second-order valence-corrected chi connectivity index (χ2v) is 6.81. The van der Waals surface area contributed by atoms with Gasteiger partial charge in [0.15, 0.2) is 0 Å². The Bertz CT molecular complexity index is 528. The van der Waals surface area contributed by atoms with Crippen LogP contribution >= 0.6 is 0 Å². The van der Waals surface area contributed by atoms with Gasteiger partial charge in [-0.05, 0) is 63.6 Å². The molecule has 1 aromatic rings. The second kappa shape index (κ2) is 5.80. The fourth-order valence-corrected chi connectivity index (χ4v) is 3.85. The molecule has 1 aliphatic heterocycles. The number of nitrogens with one attached hydrogen (secondary N) is 2. The summed E-state index contributed by atoms with van der Waals surface area (Å²) in [6.45, 7) is 5.34. The number of piperidine rings is 1. The van der Waals surface area contributed by atoms with Gasteiger partial charge in [-0.25, -0.2) is 0 Å². The van der Waals surface area contributed by atoms with Crippen LogP contribution in [0.2, 0.25) is 0 Å². The number of amides is 1. The van der Waals surface area contributed by atoms with Crippen LogP contribution < -0.4 is 10.6 Å². The molecule has 1 aromatic carbocycles. The fourth-order valence-electron chi connectivity index (χ4n) is 3.85. The lowest BCUT2D eigenvalue weighted by molar-refractivity contribution is -0.127. The molecule has 1 heterocycles. The molecule has 3 nitrogen and oxygen atoms in total. The molecule has 114 valence electrons. The lowest BCUT2D eigenvalue weighted by Crippen LogP contribution is -2.56. The van der Waals surface area contributed by atoms with E-state index >= 15 is 0 Å². The van der Waals surface area contributed by atoms with E-state index in [0.717, 1.165) is 38.6 Å². The third kappa shape index (κ3) is 2.71. The van der Waals surface area contributed by atoms with Crippen molar-refractivity contribution in [3.63, 3.8) is 0 Å². The molecule has 3 unspecified atom stereocenters. The summed E-state index contributed by atoms with van der Waals surface area (Å²) in [5.41, 5.74) is 2.20. The van der Waals surface area contributed by atoms with Crippen molar-refractivity contribution in [1.29, 1.82) is 0 Å². The van der Waals surface area contributed by atoms with E-state index in [4.69, 9.17) is 0 Å². The largest absolute Gasteiger partial charge is 0.351 e. The van der Waals surface area contributed by atoms with E-state index in [1.165, 1.54) is 11.1 Å². The second-order valence-electron chi connectivity index (χ2n) is 6.81. The first-order valence-electron chi connectivity index (χ1n) is 8.24. The van der Waals surface area contributed by atoms with Crippen molar-refractivity contribution in [2.45, 2.75) is 63.5 Å². The summed E-state index contributed by atoms with van der Waals surface area (Å²) in [6.07, 6.45) is 5.37. The summed E-state index contributed by atoms with van der Waals surface area (Å²) < 4.78 is 0. The summed E-state index contributed by atoms with van der Waals surface area (Å²) in [5.74, 6) is 0.204. The van der Waals surface area contributed by atoms with E-state index < -0.39 is 0 Å². The summed E-state index contributed by atoms with van der Waals surface area (Å²) in [7, 11) is 0. The Kier molecular flexibility index (Phi) is 4.03. The quantitative estimate of drug-likeness (QED) is 0.877. The highest BCUT2D eigenvalue weighted by Gasteiger charge is 2.40. The maximum absolute atomic E-state index is 13.0. The number of rotatable bonds is 2. The molecule has 0 aromatic heterocycles. The number of benzene rings is 1. The lowest BCUT2D eigenvalue weighted by Gasteiger charge is -2.38. The van der Waals surface area contributed by atoms with Gasteiger partial charge in [-0.1, -0.05) is 24.3 Å². The molecule has 3 rings (SSSR count). The summed E-state index contributed by atoms with van der Waals surface area (Å²) >= 11 is 0. The Morgan fingerprint density at radius 3 is 2.95 bits per heavy atom. The molecule has 1 amide bonds. The Labute approximate surface area is 127 Å². The van der Waals surface area contributed by atoms with E-state index in [-0.39, 0.29) is 17.4 Å². The highest BCUT2D eigenvalue weighted by atomic mass is 16.2. The molecule has 0 spiro atoms. The molecular weight excluding hydrogens is 260 g/mol. The average Bonchev–Trinajstić information content (AvgIpc) is 2.50. The molecule has 3 atom stereocenters. The predicted octanol–water partition coefficient (Wildman–Crippen LogP) is 2.54. The van der Waals surface area contributed by atoms with E-state index in [9.17, 15) is 4.79 Å². The standard InChI is InChI=1S/C18H26N2O/c1-13-16(10-6-12-19-13)20-17(21)18(2)11-5-8-14-7-3-4-9-15(14)18/h3-4,7,9,13,16,19H,5-6,8,10-12H2,1-2H3,(H,20,21). The third-order valence-electron chi connectivity index (χ3n) is 5.31. The minimum atomic E-state index is -0.369. The van der Waals surface area contributed by atoms with Gasteiger partial charge in [-0.15, -0.1) is 0 Å². The van der Waals surface area contributed by atoms with Crippen LogP contribution in [0, 0.1) is 0 Å². The molecule has 1 aliphatic carbocycles. The van der Waals surface area contributed by atoms with Crippen molar-refractivity contribution >= 4 is 5.91 Å². The van der Waals surface area contributed by atoms with Crippen LogP contribution in [-0.2, 0) is 16.6 Å². The van der Waals surface area contributed by atoms with Crippen molar-refractivity contribution < 1.29 is 4.79 Å². The fraction of sp³-hybridized carbons (Fsp3) is 0.611. The van der Waals surface area contributed by atoms with Crippen LogP contribution in [0.3, 0.4) is 0 Å². The van der Waals surface area contributed by atoms with Crippen molar-refractivity contribution in [3.05, 3.63) is 35.4 Å². The Hall–Kier alpha value is -1.35. The van der Waals surface area contributed by atoms with E-state index in [1.54, 1.807) is 0 Å². The number of carbonyl (C=O) groups excluding carboxylic acids is 1. The SMILES string of the molecule is CC1NCCCC1NC(=O)C1(C)CCCc2ccccc21. The number of aryl methyl sites for hydroxylation is 1. The van der Waals surface area contributed by atoms with Gasteiger partial charge in [0.25, 0.3) is 0 Å². The monoisotopic (exact) mass is 286 g/mol. The van der Waals surface area contributed by atoms with Gasteiger partial charge in [-0.3, -0.25) is 4.79 Å². The topological polar surface area (TPSA) is 41.1 Å². The zero-order valence-electron chi connectivity index (χ0n) is 13.1. The molecule has 21 heavy (non-hydrogen) atoms. The van der Waals surface area contributed by atoms with Gasteiger partial charge >= 0.3 is 0 Å². The number of carbonyl (C=O) groups is 1. The lowest BCUT2D eigenvalue weighted by atomic mass is 9.70. The van der Waals surface area contributed by atoms with Gasteiger partial charge in [0.1, 0.15) is 0 Å². The van der Waals surface area contributed by atoms with Crippen LogP contribution in [0.25, 0.3) is 0 Å². The van der Waals surface area contributed by atoms with Gasteiger partial charge in [0.2, 0.25) is 5.91 Å². The summed E-state index contributed by atoms with van der Waals surface area (Å²) in [6, 6.07) is 9.07. The van der Waals surface area contributed by atoms with Gasteiger partial charge in [-0.2, -0.15) is 0 Å². The molecule has 0 saturated carbocycles. The van der Waals surface area contributed by atoms with Crippen molar-refractivity contribution in [2.24, 2.45) is 0 Å². The highest BCUT2D eigenvalue weighted by molar-refractivity contribution is 5.88. The molecule has 2 N–H and O–H groups in total. The highest BCUT2D eigenvalue weighted by Crippen LogP contribution is 2.37. The van der Waals surface area contributed by atoms with Gasteiger partial charge < -0.3 is 10.6 Å². The first-order valence-corrected chi connectivity index (χ1v) is 8.24. The molecule has 0 bridgehead atoms. The zero-order valence-corrected chi connectivity index (χ0v) is 13.1. The number of fused-ring (bicyclic) bond motifs is 1. The smallest absolute Gasteiger partial charge is 0.230 e. The zero-order chi connectivity index (χ0) is 14.9. The molecule has 2 aliphatic rings. The molecule has 0 radical (unpaired) electrons. The average molecular weight is 286 g/mol. The van der Waals surface area contributed by atoms with E-state index in [0.29, 0.717) is 6.04 Å². The normalized spacial score (nSPS) is 32.3. The van der Waals surface area contributed by atoms with Crippen molar-refractivity contribution in [2.75, 3.05) is 6.54 Å². The minimum absolute atomic E-state index is 0.204. The Morgan fingerprint density at radius 2 is 2.14 bits per heavy atom. The molecule has 1 saturated heterocycles. The van der Waals surface area contributed by atoms with Gasteiger partial charge in [0, 0.05) is 12.1 Å². The number of hydrogen-bond donors (Lipinski definition) is 2. The van der Waals surface area contributed by atoms with Crippen LogP contribution in [0.15, 0.2) is 24.3 Å². The Balaban J connectivity index is 1.81. The first kappa shape index (κ1) is 14.6. The maximum Gasteiger partial charge on any atom is 0.230 e.